The van der Waals surface area contributed by atoms with Gasteiger partial charge in [0.05, 0.1) is 12.6 Å². The van der Waals surface area contributed by atoms with Crippen molar-refractivity contribution in [3.63, 3.8) is 0 Å². The highest BCUT2D eigenvalue weighted by atomic mass is 16.5. The minimum absolute atomic E-state index is 0.0405. The third kappa shape index (κ3) is 4.74. The van der Waals surface area contributed by atoms with E-state index >= 15 is 0 Å². The molecule has 0 bridgehead atoms. The highest BCUT2D eigenvalue weighted by Crippen LogP contribution is 2.41. The number of carbonyl (C=O) groups excluding carboxylic acids is 2. The van der Waals surface area contributed by atoms with E-state index in [9.17, 15) is 9.59 Å². The number of hydrogen-bond donors (Lipinski definition) is 2. The molecule has 1 heterocycles. The predicted octanol–water partition coefficient (Wildman–Crippen LogP) is 2.85. The maximum Gasteiger partial charge on any atom is 0.407 e. The molecule has 6 nitrogen and oxygen atoms in total. The Morgan fingerprint density at radius 1 is 1.43 bits per heavy atom. The van der Waals surface area contributed by atoms with Crippen LogP contribution in [0.3, 0.4) is 0 Å². The molecule has 0 fully saturated rings. The Morgan fingerprint density at radius 3 is 2.87 bits per heavy atom. The molecule has 1 aliphatic carbocycles. The first-order chi connectivity index (χ1) is 10.8. The zero-order valence-electron chi connectivity index (χ0n) is 14.3. The molecule has 0 unspecified atom stereocenters. The average molecular weight is 322 g/mol. The topological polar surface area (TPSA) is 80.6 Å². The minimum atomic E-state index is -0.494. The van der Waals surface area contributed by atoms with Crippen LogP contribution in [-0.2, 0) is 16.0 Å². The van der Waals surface area contributed by atoms with Crippen LogP contribution in [0.1, 0.15) is 56.7 Å². The number of rotatable bonds is 5. The zero-order chi connectivity index (χ0) is 17.0. The monoisotopic (exact) mass is 322 g/mol. The van der Waals surface area contributed by atoms with E-state index in [1.165, 1.54) is 0 Å². The van der Waals surface area contributed by atoms with Crippen molar-refractivity contribution < 1.29 is 18.7 Å². The lowest BCUT2D eigenvalue weighted by atomic mass is 9.74. The van der Waals surface area contributed by atoms with E-state index in [0.717, 1.165) is 29.9 Å². The number of nitrogens with one attached hydrogen (secondary N) is 2. The number of carbonyl (C=O) groups is 2. The second-order valence-electron chi connectivity index (χ2n) is 6.80. The highest BCUT2D eigenvalue weighted by Gasteiger charge is 2.35. The SMILES string of the molecule is CCOC(=O)NCCC(=O)N[C@H]1CC(C)(C)Cc2oc(C)cc21. The van der Waals surface area contributed by atoms with Crippen LogP contribution in [0.2, 0.25) is 0 Å². The fraction of sp³-hybridized carbons (Fsp3) is 0.647. The largest absolute Gasteiger partial charge is 0.466 e. The van der Waals surface area contributed by atoms with Crippen molar-refractivity contribution >= 4 is 12.0 Å². The first-order valence-corrected chi connectivity index (χ1v) is 8.10. The first-order valence-electron chi connectivity index (χ1n) is 8.10. The van der Waals surface area contributed by atoms with Crippen LogP contribution in [0.25, 0.3) is 0 Å². The molecule has 2 amide bonds. The molecule has 0 spiro atoms. The van der Waals surface area contributed by atoms with Crippen molar-refractivity contribution in [3.8, 4) is 0 Å². The summed E-state index contributed by atoms with van der Waals surface area (Å²) >= 11 is 0. The summed E-state index contributed by atoms with van der Waals surface area (Å²) in [4.78, 5) is 23.3. The van der Waals surface area contributed by atoms with Crippen molar-refractivity contribution in [3.05, 3.63) is 23.2 Å². The summed E-state index contributed by atoms with van der Waals surface area (Å²) in [5, 5.41) is 5.61. The van der Waals surface area contributed by atoms with Crippen LogP contribution < -0.4 is 10.6 Å². The fourth-order valence-electron chi connectivity index (χ4n) is 3.04. The van der Waals surface area contributed by atoms with Gasteiger partial charge in [-0.05, 0) is 31.7 Å². The second-order valence-corrected chi connectivity index (χ2v) is 6.80. The maximum atomic E-state index is 12.1. The third-order valence-electron chi connectivity index (χ3n) is 3.97. The van der Waals surface area contributed by atoms with Crippen molar-refractivity contribution in [1.29, 1.82) is 0 Å². The number of amides is 2. The molecule has 2 N–H and O–H groups in total. The lowest BCUT2D eigenvalue weighted by Crippen LogP contribution is -2.37. The van der Waals surface area contributed by atoms with Gasteiger partial charge in [-0.1, -0.05) is 13.8 Å². The van der Waals surface area contributed by atoms with E-state index in [2.05, 4.69) is 24.5 Å². The molecule has 128 valence electrons. The van der Waals surface area contributed by atoms with E-state index in [1.807, 2.05) is 13.0 Å². The third-order valence-corrected chi connectivity index (χ3v) is 3.97. The Balaban J connectivity index is 1.91. The number of hydrogen-bond acceptors (Lipinski definition) is 4. The fourth-order valence-corrected chi connectivity index (χ4v) is 3.04. The summed E-state index contributed by atoms with van der Waals surface area (Å²) in [6.45, 7) is 8.59. The molecule has 0 saturated heterocycles. The molecule has 0 radical (unpaired) electrons. The van der Waals surface area contributed by atoms with Crippen LogP contribution in [0.15, 0.2) is 10.5 Å². The number of ether oxygens (including phenoxy) is 1. The number of alkyl carbamates (subject to hydrolysis) is 1. The Hall–Kier alpha value is -1.98. The van der Waals surface area contributed by atoms with Gasteiger partial charge in [-0.25, -0.2) is 4.79 Å². The van der Waals surface area contributed by atoms with Gasteiger partial charge in [-0.2, -0.15) is 0 Å². The molecule has 0 saturated carbocycles. The molecular weight excluding hydrogens is 296 g/mol. The quantitative estimate of drug-likeness (QED) is 0.873. The minimum Gasteiger partial charge on any atom is -0.466 e. The van der Waals surface area contributed by atoms with Gasteiger partial charge in [0.2, 0.25) is 5.91 Å². The lowest BCUT2D eigenvalue weighted by molar-refractivity contribution is -0.122. The highest BCUT2D eigenvalue weighted by molar-refractivity contribution is 5.77. The summed E-state index contributed by atoms with van der Waals surface area (Å²) in [5.74, 6) is 1.75. The van der Waals surface area contributed by atoms with Gasteiger partial charge in [0.1, 0.15) is 11.5 Å². The number of fused-ring (bicyclic) bond motifs is 1. The van der Waals surface area contributed by atoms with Crippen LogP contribution in [0.5, 0.6) is 0 Å². The molecule has 0 aliphatic heterocycles. The predicted molar refractivity (Wildman–Crippen MR) is 86.1 cm³/mol. The number of aryl methyl sites for hydroxylation is 1. The lowest BCUT2D eigenvalue weighted by Gasteiger charge is -2.34. The molecule has 1 aromatic rings. The summed E-state index contributed by atoms with van der Waals surface area (Å²) in [6, 6.07) is 1.97. The Morgan fingerprint density at radius 2 is 2.17 bits per heavy atom. The molecule has 1 aromatic heterocycles. The van der Waals surface area contributed by atoms with Crippen LogP contribution in [-0.4, -0.2) is 25.2 Å². The summed E-state index contributed by atoms with van der Waals surface area (Å²) in [7, 11) is 0. The standard InChI is InChI=1S/C17H26N2O4/c1-5-22-16(21)18-7-6-15(20)19-13-9-17(3,4)10-14-12(13)8-11(2)23-14/h8,13H,5-7,9-10H2,1-4H3,(H,18,21)(H,19,20)/t13-/m0/s1. The molecule has 6 heteroatoms. The number of furan rings is 1. The van der Waals surface area contributed by atoms with Gasteiger partial charge in [0, 0.05) is 24.9 Å². The van der Waals surface area contributed by atoms with Crippen molar-refractivity contribution in [2.75, 3.05) is 13.2 Å². The van der Waals surface area contributed by atoms with Crippen molar-refractivity contribution in [2.24, 2.45) is 5.41 Å². The summed E-state index contributed by atoms with van der Waals surface area (Å²) in [6.07, 6.45) is 1.48. The smallest absolute Gasteiger partial charge is 0.407 e. The van der Waals surface area contributed by atoms with Crippen LogP contribution in [0.4, 0.5) is 4.79 Å². The van der Waals surface area contributed by atoms with E-state index in [-0.39, 0.29) is 30.3 Å². The molecule has 1 aliphatic rings. The van der Waals surface area contributed by atoms with E-state index in [1.54, 1.807) is 6.92 Å². The van der Waals surface area contributed by atoms with Crippen LogP contribution >= 0.6 is 0 Å². The Labute approximate surface area is 137 Å². The average Bonchev–Trinajstić information content (AvgIpc) is 2.78. The van der Waals surface area contributed by atoms with Gasteiger partial charge < -0.3 is 19.8 Å². The van der Waals surface area contributed by atoms with Gasteiger partial charge >= 0.3 is 6.09 Å². The maximum absolute atomic E-state index is 12.1. The first kappa shape index (κ1) is 17.4. The summed E-state index contributed by atoms with van der Waals surface area (Å²) < 4.78 is 10.5. The van der Waals surface area contributed by atoms with E-state index in [0.29, 0.717) is 6.61 Å². The van der Waals surface area contributed by atoms with E-state index in [4.69, 9.17) is 9.15 Å². The molecule has 23 heavy (non-hydrogen) atoms. The van der Waals surface area contributed by atoms with Crippen LogP contribution in [0, 0.1) is 12.3 Å². The van der Waals surface area contributed by atoms with Gasteiger partial charge in [-0.15, -0.1) is 0 Å². The van der Waals surface area contributed by atoms with Crippen molar-refractivity contribution in [1.82, 2.24) is 10.6 Å². The molecule has 1 atom stereocenters. The Bertz CT molecular complexity index is 577. The van der Waals surface area contributed by atoms with Gasteiger partial charge in [0.15, 0.2) is 0 Å². The van der Waals surface area contributed by atoms with Gasteiger partial charge in [0.25, 0.3) is 0 Å². The van der Waals surface area contributed by atoms with Crippen molar-refractivity contribution in [2.45, 2.75) is 53.0 Å². The zero-order valence-corrected chi connectivity index (χ0v) is 14.3. The summed E-state index contributed by atoms with van der Waals surface area (Å²) in [5.41, 5.74) is 1.16. The molecular formula is C17H26N2O4. The normalized spacial score (nSPS) is 18.9. The van der Waals surface area contributed by atoms with Gasteiger partial charge in [-0.3, -0.25) is 4.79 Å². The second kappa shape index (κ2) is 7.06. The molecule has 0 aromatic carbocycles. The molecule has 2 rings (SSSR count). The Kier molecular flexibility index (Phi) is 5.34. The van der Waals surface area contributed by atoms with E-state index < -0.39 is 6.09 Å².